The van der Waals surface area contributed by atoms with Crippen LogP contribution in [-0.2, 0) is 20.9 Å². The predicted octanol–water partition coefficient (Wildman–Crippen LogP) is 2.91. The van der Waals surface area contributed by atoms with E-state index in [0.29, 0.717) is 19.6 Å². The van der Waals surface area contributed by atoms with Crippen molar-refractivity contribution < 1.29 is 24.2 Å². The number of likely N-dealkylation sites (tertiary alicyclic amines) is 1. The molecule has 1 heterocycles. The van der Waals surface area contributed by atoms with Gasteiger partial charge >= 0.3 is 12.1 Å². The number of amides is 1. The van der Waals surface area contributed by atoms with Crippen molar-refractivity contribution in [2.75, 3.05) is 13.2 Å². The monoisotopic (exact) mass is 335 g/mol. The topological polar surface area (TPSA) is 76.1 Å². The number of hydrogen-bond donors (Lipinski definition) is 1. The van der Waals surface area contributed by atoms with Crippen molar-refractivity contribution in [2.45, 2.75) is 45.4 Å². The van der Waals surface area contributed by atoms with Gasteiger partial charge in [-0.3, -0.25) is 4.79 Å². The first kappa shape index (κ1) is 18.3. The molecule has 1 N–H and O–H groups in total. The Kier molecular flexibility index (Phi) is 5.83. The molecule has 1 saturated heterocycles. The quantitative estimate of drug-likeness (QED) is 0.895. The average Bonchev–Trinajstić information content (AvgIpc) is 2.91. The zero-order chi connectivity index (χ0) is 17.7. The molecule has 0 spiro atoms. The van der Waals surface area contributed by atoms with Crippen molar-refractivity contribution in [2.24, 2.45) is 5.92 Å². The lowest BCUT2D eigenvalue weighted by Crippen LogP contribution is -2.45. The summed E-state index contributed by atoms with van der Waals surface area (Å²) in [7, 11) is 0. The van der Waals surface area contributed by atoms with E-state index in [2.05, 4.69) is 0 Å². The molecule has 1 aliphatic rings. The molecule has 24 heavy (non-hydrogen) atoms. The number of benzene rings is 1. The van der Waals surface area contributed by atoms with Gasteiger partial charge in [-0.1, -0.05) is 30.3 Å². The van der Waals surface area contributed by atoms with Crippen LogP contribution in [0.25, 0.3) is 0 Å². The van der Waals surface area contributed by atoms with E-state index in [1.807, 2.05) is 30.3 Å². The number of nitrogens with zero attached hydrogens (tertiary/aromatic N) is 1. The minimum atomic E-state index is -0.908. The number of rotatable bonds is 5. The van der Waals surface area contributed by atoms with E-state index in [-0.39, 0.29) is 6.61 Å². The second-order valence-corrected chi connectivity index (χ2v) is 6.98. The van der Waals surface area contributed by atoms with E-state index < -0.39 is 29.6 Å². The van der Waals surface area contributed by atoms with Crippen LogP contribution < -0.4 is 0 Å². The van der Waals surface area contributed by atoms with Gasteiger partial charge in [0.15, 0.2) is 0 Å². The lowest BCUT2D eigenvalue weighted by Gasteiger charge is -2.29. The molecule has 6 heteroatoms. The van der Waals surface area contributed by atoms with E-state index in [9.17, 15) is 14.7 Å². The summed E-state index contributed by atoms with van der Waals surface area (Å²) in [6.45, 7) is 6.28. The number of aliphatic carboxylic acids is 1. The van der Waals surface area contributed by atoms with Crippen LogP contribution in [0, 0.1) is 5.92 Å². The molecule has 0 aromatic heterocycles. The van der Waals surface area contributed by atoms with Crippen LogP contribution in [0.3, 0.4) is 0 Å². The summed E-state index contributed by atoms with van der Waals surface area (Å²) < 4.78 is 11.1. The summed E-state index contributed by atoms with van der Waals surface area (Å²) in [4.78, 5) is 25.3. The summed E-state index contributed by atoms with van der Waals surface area (Å²) in [5.74, 6) is -1.54. The van der Waals surface area contributed by atoms with Crippen molar-refractivity contribution in [3.05, 3.63) is 35.9 Å². The Labute approximate surface area is 142 Å². The standard InChI is InChI=1S/C18H25NO5/c1-18(2,3)24-17(22)19-10-9-14(16(20)21)15(19)12-23-11-13-7-5-4-6-8-13/h4-8,14-15H,9-12H2,1-3H3,(H,20,21)/t14-,15+/m0/s1. The fourth-order valence-electron chi connectivity index (χ4n) is 2.77. The fraction of sp³-hybridized carbons (Fsp3) is 0.556. The van der Waals surface area contributed by atoms with Gasteiger partial charge in [0, 0.05) is 6.54 Å². The Morgan fingerprint density at radius 3 is 2.50 bits per heavy atom. The molecule has 0 radical (unpaired) electrons. The van der Waals surface area contributed by atoms with Crippen molar-refractivity contribution in [1.82, 2.24) is 4.90 Å². The van der Waals surface area contributed by atoms with E-state index in [4.69, 9.17) is 9.47 Å². The third-order valence-electron chi connectivity index (χ3n) is 3.89. The molecule has 1 aliphatic heterocycles. The molecule has 0 aliphatic carbocycles. The number of carboxylic acids is 1. The maximum Gasteiger partial charge on any atom is 0.410 e. The summed E-state index contributed by atoms with van der Waals surface area (Å²) in [6.07, 6.45) is -0.0759. The van der Waals surface area contributed by atoms with E-state index in [1.54, 1.807) is 20.8 Å². The van der Waals surface area contributed by atoms with Gasteiger partial charge in [-0.15, -0.1) is 0 Å². The first-order valence-corrected chi connectivity index (χ1v) is 8.12. The zero-order valence-corrected chi connectivity index (χ0v) is 14.4. The molecule has 0 saturated carbocycles. The largest absolute Gasteiger partial charge is 0.481 e. The van der Waals surface area contributed by atoms with Gasteiger partial charge in [0.2, 0.25) is 0 Å². The predicted molar refractivity (Wildman–Crippen MR) is 88.6 cm³/mol. The lowest BCUT2D eigenvalue weighted by molar-refractivity contribution is -0.143. The highest BCUT2D eigenvalue weighted by Gasteiger charge is 2.42. The van der Waals surface area contributed by atoms with E-state index >= 15 is 0 Å². The molecule has 6 nitrogen and oxygen atoms in total. The van der Waals surface area contributed by atoms with Gasteiger partial charge < -0.3 is 19.5 Å². The lowest BCUT2D eigenvalue weighted by atomic mass is 10.0. The minimum absolute atomic E-state index is 0.172. The number of carboxylic acid groups (broad SMARTS) is 1. The highest BCUT2D eigenvalue weighted by molar-refractivity contribution is 5.75. The minimum Gasteiger partial charge on any atom is -0.481 e. The molecular formula is C18H25NO5. The first-order chi connectivity index (χ1) is 11.3. The van der Waals surface area contributed by atoms with Crippen LogP contribution in [0.1, 0.15) is 32.8 Å². The summed E-state index contributed by atoms with van der Waals surface area (Å²) in [5, 5.41) is 9.40. The molecular weight excluding hydrogens is 310 g/mol. The van der Waals surface area contributed by atoms with Gasteiger partial charge in [-0.25, -0.2) is 4.79 Å². The van der Waals surface area contributed by atoms with Gasteiger partial charge in [0.25, 0.3) is 0 Å². The number of carbonyl (C=O) groups excluding carboxylic acids is 1. The molecule has 132 valence electrons. The SMILES string of the molecule is CC(C)(C)OC(=O)N1CC[C@H](C(=O)O)[C@H]1COCc1ccccc1. The van der Waals surface area contributed by atoms with E-state index in [1.165, 1.54) is 4.90 Å². The molecule has 2 rings (SSSR count). The Morgan fingerprint density at radius 2 is 1.92 bits per heavy atom. The fourth-order valence-corrected chi connectivity index (χ4v) is 2.77. The second-order valence-electron chi connectivity index (χ2n) is 6.98. The smallest absolute Gasteiger partial charge is 0.410 e. The highest BCUT2D eigenvalue weighted by Crippen LogP contribution is 2.27. The first-order valence-electron chi connectivity index (χ1n) is 8.12. The number of ether oxygens (including phenoxy) is 2. The Morgan fingerprint density at radius 1 is 1.25 bits per heavy atom. The van der Waals surface area contributed by atoms with Gasteiger partial charge in [-0.2, -0.15) is 0 Å². The Bertz CT molecular complexity index is 567. The second kappa shape index (κ2) is 7.66. The van der Waals surface area contributed by atoms with Crippen LogP contribution in [0.2, 0.25) is 0 Å². The highest BCUT2D eigenvalue weighted by atomic mass is 16.6. The maximum atomic E-state index is 12.3. The summed E-state index contributed by atoms with van der Waals surface area (Å²) >= 11 is 0. The van der Waals surface area contributed by atoms with Crippen LogP contribution >= 0.6 is 0 Å². The van der Waals surface area contributed by atoms with Crippen LogP contribution in [0.5, 0.6) is 0 Å². The number of hydrogen-bond acceptors (Lipinski definition) is 4. The van der Waals surface area contributed by atoms with Crippen molar-refractivity contribution in [1.29, 1.82) is 0 Å². The molecule has 1 fully saturated rings. The third-order valence-corrected chi connectivity index (χ3v) is 3.89. The normalized spacial score (nSPS) is 20.9. The number of carbonyl (C=O) groups is 2. The summed E-state index contributed by atoms with van der Waals surface area (Å²) in [6, 6.07) is 9.12. The van der Waals surface area contributed by atoms with Crippen molar-refractivity contribution in [3.63, 3.8) is 0 Å². The Hall–Kier alpha value is -2.08. The molecule has 1 aromatic rings. The van der Waals surface area contributed by atoms with Gasteiger partial charge in [-0.05, 0) is 32.8 Å². The molecule has 1 aromatic carbocycles. The molecule has 2 atom stereocenters. The average molecular weight is 335 g/mol. The van der Waals surface area contributed by atoms with Crippen LogP contribution in [0.15, 0.2) is 30.3 Å². The molecule has 0 unspecified atom stereocenters. The van der Waals surface area contributed by atoms with Gasteiger partial charge in [0.1, 0.15) is 5.60 Å². The summed E-state index contributed by atoms with van der Waals surface area (Å²) in [5.41, 5.74) is 0.389. The van der Waals surface area contributed by atoms with Crippen LogP contribution in [-0.4, -0.2) is 46.9 Å². The zero-order valence-electron chi connectivity index (χ0n) is 14.4. The maximum absolute atomic E-state index is 12.3. The van der Waals surface area contributed by atoms with Gasteiger partial charge in [0.05, 0.1) is 25.2 Å². The van der Waals surface area contributed by atoms with Crippen molar-refractivity contribution >= 4 is 12.1 Å². The van der Waals surface area contributed by atoms with Crippen molar-refractivity contribution in [3.8, 4) is 0 Å². The third kappa shape index (κ3) is 4.96. The van der Waals surface area contributed by atoms with Crippen LogP contribution in [0.4, 0.5) is 4.79 Å². The molecule has 1 amide bonds. The molecule has 0 bridgehead atoms. The Balaban J connectivity index is 1.99. The van der Waals surface area contributed by atoms with E-state index in [0.717, 1.165) is 5.56 Å².